The van der Waals surface area contributed by atoms with E-state index in [9.17, 15) is 13.2 Å². The van der Waals surface area contributed by atoms with Crippen LogP contribution in [0.4, 0.5) is 18.9 Å². The highest BCUT2D eigenvalue weighted by molar-refractivity contribution is 5.71. The first-order valence-electron chi connectivity index (χ1n) is 7.21. The lowest BCUT2D eigenvalue weighted by atomic mass is 9.88. The number of allylic oxidation sites excluding steroid dienone is 1. The number of rotatable bonds is 4. The van der Waals surface area contributed by atoms with Crippen LogP contribution < -0.4 is 5.32 Å². The zero-order valence-corrected chi connectivity index (χ0v) is 12.1. The molecule has 3 rings (SSSR count). The fourth-order valence-electron chi connectivity index (χ4n) is 2.57. The van der Waals surface area contributed by atoms with Crippen molar-refractivity contribution in [3.05, 3.63) is 30.6 Å². The summed E-state index contributed by atoms with van der Waals surface area (Å²) in [6.07, 6.45) is 2.62. The number of aromatic amines is 1. The number of alkyl halides is 3. The van der Waals surface area contributed by atoms with Crippen LogP contribution in [0.2, 0.25) is 0 Å². The van der Waals surface area contributed by atoms with Crippen molar-refractivity contribution < 1.29 is 13.2 Å². The summed E-state index contributed by atoms with van der Waals surface area (Å²) in [5.74, 6) is -0.842. The van der Waals surface area contributed by atoms with E-state index in [1.807, 2.05) is 0 Å². The highest BCUT2D eigenvalue weighted by Gasteiger charge is 2.38. The van der Waals surface area contributed by atoms with Gasteiger partial charge in [0.2, 0.25) is 5.82 Å². The lowest BCUT2D eigenvalue weighted by Crippen LogP contribution is -2.26. The number of nitrogens with one attached hydrogen (secondary N) is 2. The number of aromatic nitrogens is 5. The summed E-state index contributed by atoms with van der Waals surface area (Å²) in [4.78, 5) is 4.05. The number of H-pyrrole nitrogens is 1. The first-order chi connectivity index (χ1) is 11.0. The van der Waals surface area contributed by atoms with Gasteiger partial charge in [0.1, 0.15) is 0 Å². The van der Waals surface area contributed by atoms with E-state index in [4.69, 9.17) is 0 Å². The van der Waals surface area contributed by atoms with Crippen molar-refractivity contribution >= 4 is 5.69 Å². The number of tetrazole rings is 1. The maximum atomic E-state index is 12.6. The van der Waals surface area contributed by atoms with Crippen LogP contribution in [-0.4, -0.2) is 38.3 Å². The minimum Gasteiger partial charge on any atom is -0.383 e. The zero-order valence-electron chi connectivity index (χ0n) is 12.1. The Kier molecular flexibility index (Phi) is 4.26. The molecule has 0 aliphatic heterocycles. The maximum absolute atomic E-state index is 12.6. The molecule has 0 radical (unpaired) electrons. The molecule has 0 saturated heterocycles. The number of halogens is 3. The van der Waals surface area contributed by atoms with Crippen LogP contribution >= 0.6 is 0 Å². The van der Waals surface area contributed by atoms with Gasteiger partial charge in [-0.15, -0.1) is 10.2 Å². The standard InChI is InChI=1S/C14H15F3N6/c15-14(16,17)10-3-1-9(2-4-10)7-19-12-8-18-6-5-11(12)13-20-22-23-21-13/h1,3,5-6,8-10,19H,2,4,7H2,(H,20,21,22,23). The number of hydrogen-bond acceptors (Lipinski definition) is 5. The van der Waals surface area contributed by atoms with Crippen LogP contribution in [0.1, 0.15) is 12.8 Å². The Hall–Kier alpha value is -2.45. The Morgan fingerprint density at radius 1 is 1.26 bits per heavy atom. The molecule has 2 atom stereocenters. The van der Waals surface area contributed by atoms with Crippen molar-refractivity contribution in [1.82, 2.24) is 25.6 Å². The Morgan fingerprint density at radius 2 is 2.13 bits per heavy atom. The Bertz CT molecular complexity index is 667. The van der Waals surface area contributed by atoms with E-state index in [1.54, 1.807) is 24.5 Å². The number of hydrogen-bond donors (Lipinski definition) is 2. The van der Waals surface area contributed by atoms with E-state index in [2.05, 4.69) is 30.9 Å². The van der Waals surface area contributed by atoms with Gasteiger partial charge >= 0.3 is 6.18 Å². The smallest absolute Gasteiger partial charge is 0.383 e. The molecule has 2 aromatic rings. The molecule has 23 heavy (non-hydrogen) atoms. The summed E-state index contributed by atoms with van der Waals surface area (Å²) in [5, 5.41) is 17.0. The normalized spacial score (nSPS) is 21.3. The van der Waals surface area contributed by atoms with E-state index in [0.717, 1.165) is 11.3 Å². The van der Waals surface area contributed by atoms with Crippen molar-refractivity contribution in [2.75, 3.05) is 11.9 Å². The summed E-state index contributed by atoms with van der Waals surface area (Å²) in [6, 6.07) is 1.75. The van der Waals surface area contributed by atoms with Gasteiger partial charge in [0.25, 0.3) is 0 Å². The molecular weight excluding hydrogens is 309 g/mol. The van der Waals surface area contributed by atoms with E-state index in [1.165, 1.54) is 6.08 Å². The molecule has 0 fully saturated rings. The van der Waals surface area contributed by atoms with Crippen LogP contribution in [0.25, 0.3) is 11.4 Å². The van der Waals surface area contributed by atoms with E-state index in [-0.39, 0.29) is 12.3 Å². The van der Waals surface area contributed by atoms with Crippen molar-refractivity contribution in [1.29, 1.82) is 0 Å². The van der Waals surface area contributed by atoms with Gasteiger partial charge in [0, 0.05) is 18.3 Å². The SMILES string of the molecule is FC(F)(F)C1C=CC(CNc2cnccc2-c2nn[nH]n2)CC1. The third kappa shape index (κ3) is 3.66. The molecular formula is C14H15F3N6. The lowest BCUT2D eigenvalue weighted by Gasteiger charge is -2.25. The number of nitrogens with zero attached hydrogens (tertiary/aromatic N) is 4. The first kappa shape index (κ1) is 15.4. The predicted molar refractivity (Wildman–Crippen MR) is 77.3 cm³/mol. The molecule has 0 spiro atoms. The molecule has 0 saturated carbocycles. The molecule has 1 aliphatic carbocycles. The summed E-state index contributed by atoms with van der Waals surface area (Å²) >= 11 is 0. The molecule has 6 nitrogen and oxygen atoms in total. The summed E-state index contributed by atoms with van der Waals surface area (Å²) in [5.41, 5.74) is 1.46. The van der Waals surface area contributed by atoms with Gasteiger partial charge in [-0.05, 0) is 30.0 Å². The van der Waals surface area contributed by atoms with Gasteiger partial charge in [0.05, 0.1) is 17.8 Å². The summed E-state index contributed by atoms with van der Waals surface area (Å²) in [7, 11) is 0. The molecule has 9 heteroatoms. The van der Waals surface area contributed by atoms with Gasteiger partial charge in [-0.3, -0.25) is 4.98 Å². The lowest BCUT2D eigenvalue weighted by molar-refractivity contribution is -0.164. The largest absolute Gasteiger partial charge is 0.395 e. The van der Waals surface area contributed by atoms with E-state index < -0.39 is 12.1 Å². The van der Waals surface area contributed by atoms with Crippen LogP contribution in [0.3, 0.4) is 0 Å². The van der Waals surface area contributed by atoms with Crippen molar-refractivity contribution in [2.45, 2.75) is 19.0 Å². The van der Waals surface area contributed by atoms with Crippen LogP contribution in [-0.2, 0) is 0 Å². The van der Waals surface area contributed by atoms with Gasteiger partial charge in [-0.2, -0.15) is 18.4 Å². The minimum atomic E-state index is -4.15. The third-order valence-corrected chi connectivity index (χ3v) is 3.85. The minimum absolute atomic E-state index is 0.0481. The molecule has 1 aliphatic rings. The van der Waals surface area contributed by atoms with Gasteiger partial charge < -0.3 is 5.32 Å². The third-order valence-electron chi connectivity index (χ3n) is 3.85. The fourth-order valence-corrected chi connectivity index (χ4v) is 2.57. The monoisotopic (exact) mass is 324 g/mol. The van der Waals surface area contributed by atoms with Crippen LogP contribution in [0.15, 0.2) is 30.6 Å². The second-order valence-corrected chi connectivity index (χ2v) is 5.41. The van der Waals surface area contributed by atoms with Gasteiger partial charge in [0.15, 0.2) is 0 Å². The number of anilines is 1. The average Bonchev–Trinajstić information content (AvgIpc) is 3.07. The van der Waals surface area contributed by atoms with Crippen LogP contribution in [0.5, 0.6) is 0 Å². The summed E-state index contributed by atoms with van der Waals surface area (Å²) in [6.45, 7) is 0.525. The highest BCUT2D eigenvalue weighted by Crippen LogP contribution is 2.35. The first-order valence-corrected chi connectivity index (χ1v) is 7.21. The molecule has 2 unspecified atom stereocenters. The molecule has 2 N–H and O–H groups in total. The van der Waals surface area contributed by atoms with Gasteiger partial charge in [-0.1, -0.05) is 12.2 Å². The van der Waals surface area contributed by atoms with Gasteiger partial charge in [-0.25, -0.2) is 0 Å². The fraction of sp³-hybridized carbons (Fsp3) is 0.429. The second-order valence-electron chi connectivity index (χ2n) is 5.41. The topological polar surface area (TPSA) is 79.4 Å². The highest BCUT2D eigenvalue weighted by atomic mass is 19.4. The molecule has 122 valence electrons. The Morgan fingerprint density at radius 3 is 2.78 bits per heavy atom. The molecule has 0 bridgehead atoms. The average molecular weight is 324 g/mol. The number of pyridine rings is 1. The maximum Gasteiger partial charge on any atom is 0.395 e. The molecule has 0 aromatic carbocycles. The van der Waals surface area contributed by atoms with Crippen molar-refractivity contribution in [2.24, 2.45) is 11.8 Å². The van der Waals surface area contributed by atoms with Crippen LogP contribution in [0, 0.1) is 11.8 Å². The Balaban J connectivity index is 1.64. The molecule has 2 aromatic heterocycles. The van der Waals surface area contributed by atoms with E-state index in [0.29, 0.717) is 18.8 Å². The summed E-state index contributed by atoms with van der Waals surface area (Å²) < 4.78 is 37.9. The molecule has 2 heterocycles. The zero-order chi connectivity index (χ0) is 16.3. The van der Waals surface area contributed by atoms with Crippen molar-refractivity contribution in [3.8, 4) is 11.4 Å². The quantitative estimate of drug-likeness (QED) is 0.846. The second kappa shape index (κ2) is 6.35. The van der Waals surface area contributed by atoms with Crippen molar-refractivity contribution in [3.63, 3.8) is 0 Å². The van der Waals surface area contributed by atoms with E-state index >= 15 is 0 Å². The molecule has 0 amide bonds. The Labute approximate surface area is 130 Å². The predicted octanol–water partition coefficient (Wildman–Crippen LogP) is 2.82.